The molecule has 1 aromatic heterocycles. The van der Waals surface area contributed by atoms with Crippen LogP contribution >= 0.6 is 23.5 Å². The Morgan fingerprint density at radius 3 is 1.43 bits per heavy atom. The van der Waals surface area contributed by atoms with Crippen molar-refractivity contribution in [3.63, 3.8) is 0 Å². The third-order valence-corrected chi connectivity index (χ3v) is 9.09. The van der Waals surface area contributed by atoms with E-state index in [1.807, 2.05) is 13.8 Å². The third-order valence-electron chi connectivity index (χ3n) is 7.60. The van der Waals surface area contributed by atoms with E-state index in [0.717, 1.165) is 49.4 Å². The van der Waals surface area contributed by atoms with Gasteiger partial charge in [-0.3, -0.25) is 14.8 Å². The Morgan fingerprint density at radius 1 is 0.643 bits per heavy atom. The van der Waals surface area contributed by atoms with E-state index in [2.05, 4.69) is 103 Å². The molecule has 2 aliphatic rings. The number of benzene rings is 2. The molecule has 7 nitrogen and oxygen atoms in total. The molecule has 4 atom stereocenters. The summed E-state index contributed by atoms with van der Waals surface area (Å²) in [6.45, 7) is 6.95. The van der Waals surface area contributed by atoms with Gasteiger partial charge in [0.05, 0.1) is 11.4 Å². The highest BCUT2D eigenvalue weighted by molar-refractivity contribution is 7.98. The lowest BCUT2D eigenvalue weighted by Crippen LogP contribution is -2.31. The minimum atomic E-state index is -0.0607. The highest BCUT2D eigenvalue weighted by Gasteiger charge is 2.33. The van der Waals surface area contributed by atoms with Gasteiger partial charge in [0.1, 0.15) is 24.3 Å². The van der Waals surface area contributed by atoms with Crippen molar-refractivity contribution in [1.82, 2.24) is 14.8 Å². The smallest absolute Gasteiger partial charge is 0.181 e. The SMILES string of the molecule is CSc1ccc([C@@H]2OC(C)=N[C@H]2CN(C)Cc2cccc(CN(C)C[C@@H]3N=C(C)O[C@H]3c3ccc(SC)cc3)n2)cc1. The van der Waals surface area contributed by atoms with Gasteiger partial charge in [-0.2, -0.15) is 0 Å². The molecular weight excluding hydrogens is 563 g/mol. The second-order valence-electron chi connectivity index (χ2n) is 11.1. The first-order valence-corrected chi connectivity index (χ1v) is 16.8. The molecule has 2 aliphatic heterocycles. The van der Waals surface area contributed by atoms with E-state index in [0.29, 0.717) is 0 Å². The average molecular weight is 604 g/mol. The van der Waals surface area contributed by atoms with Crippen molar-refractivity contribution in [2.24, 2.45) is 9.98 Å². The van der Waals surface area contributed by atoms with Crippen LogP contribution in [0.5, 0.6) is 0 Å². The average Bonchev–Trinajstić information content (AvgIpc) is 3.53. The van der Waals surface area contributed by atoms with E-state index in [9.17, 15) is 0 Å². The van der Waals surface area contributed by atoms with Crippen LogP contribution in [0, 0.1) is 0 Å². The highest BCUT2D eigenvalue weighted by atomic mass is 32.2. The number of aromatic nitrogens is 1. The van der Waals surface area contributed by atoms with Crippen LogP contribution in [-0.2, 0) is 22.6 Å². The van der Waals surface area contributed by atoms with Crippen LogP contribution < -0.4 is 0 Å². The molecular formula is C33H41N5O2S2. The fraction of sp³-hybridized carbons (Fsp3) is 0.424. The van der Waals surface area contributed by atoms with Crippen LogP contribution in [0.15, 0.2) is 86.5 Å². The summed E-state index contributed by atoms with van der Waals surface area (Å²) in [4.78, 5) is 21.7. The minimum Gasteiger partial charge on any atom is -0.471 e. The van der Waals surface area contributed by atoms with E-state index >= 15 is 0 Å². The molecule has 3 aromatic rings. The number of pyridine rings is 1. The molecule has 0 saturated heterocycles. The molecule has 5 rings (SSSR count). The van der Waals surface area contributed by atoms with Crippen molar-refractivity contribution in [1.29, 1.82) is 0 Å². The number of hydrogen-bond donors (Lipinski definition) is 0. The molecule has 0 bridgehead atoms. The number of ether oxygens (including phenoxy) is 2. The fourth-order valence-electron chi connectivity index (χ4n) is 5.65. The van der Waals surface area contributed by atoms with E-state index in [-0.39, 0.29) is 24.3 Å². The molecule has 0 N–H and O–H groups in total. The lowest BCUT2D eigenvalue weighted by Gasteiger charge is -2.24. The van der Waals surface area contributed by atoms with E-state index in [4.69, 9.17) is 24.4 Å². The molecule has 0 fully saturated rings. The van der Waals surface area contributed by atoms with Crippen molar-refractivity contribution in [3.05, 3.63) is 89.2 Å². The second-order valence-corrected chi connectivity index (χ2v) is 12.8. The van der Waals surface area contributed by atoms with Crippen LogP contribution in [0.1, 0.15) is 48.6 Å². The molecule has 0 amide bonds. The number of likely N-dealkylation sites (N-methyl/N-ethyl adjacent to an activating group) is 2. The summed E-state index contributed by atoms with van der Waals surface area (Å²) in [5, 5.41) is 0. The fourth-order valence-corrected chi connectivity index (χ4v) is 6.47. The maximum absolute atomic E-state index is 6.13. The van der Waals surface area contributed by atoms with E-state index in [1.165, 1.54) is 20.9 Å². The van der Waals surface area contributed by atoms with Gasteiger partial charge in [-0.25, -0.2) is 9.98 Å². The Balaban J connectivity index is 1.17. The van der Waals surface area contributed by atoms with Gasteiger partial charge in [-0.05, 0) is 74.1 Å². The third kappa shape index (κ3) is 7.75. The van der Waals surface area contributed by atoms with Crippen LogP contribution in [0.4, 0.5) is 0 Å². The Kier molecular flexibility index (Phi) is 10.3. The number of thioether (sulfide) groups is 2. The molecule has 0 unspecified atom stereocenters. The van der Waals surface area contributed by atoms with Gasteiger partial charge in [-0.1, -0.05) is 30.3 Å². The summed E-state index contributed by atoms with van der Waals surface area (Å²) in [5.41, 5.74) is 4.44. The first-order chi connectivity index (χ1) is 20.3. The van der Waals surface area contributed by atoms with Gasteiger partial charge in [0, 0.05) is 49.8 Å². The molecule has 2 aromatic carbocycles. The molecule has 222 valence electrons. The standard InChI is InChI=1S/C33H41N5O2S2/c1-22-34-30(32(39-22)24-10-14-28(41-5)15-11-24)20-37(3)18-26-8-7-9-27(36-26)19-38(4)21-31-33(40-23(2)35-31)25-12-16-29(42-6)17-13-25/h7-17,30-33H,18-21H2,1-6H3/t30-,31-,32-,33-/m0/s1. The van der Waals surface area contributed by atoms with Crippen molar-refractivity contribution < 1.29 is 9.47 Å². The first kappa shape index (κ1) is 30.6. The predicted octanol–water partition coefficient (Wildman–Crippen LogP) is 6.51. The molecule has 0 spiro atoms. The van der Waals surface area contributed by atoms with Crippen LogP contribution in [0.25, 0.3) is 0 Å². The highest BCUT2D eigenvalue weighted by Crippen LogP contribution is 2.32. The molecule has 9 heteroatoms. The minimum absolute atomic E-state index is 0.0481. The summed E-state index contributed by atoms with van der Waals surface area (Å²) >= 11 is 3.49. The van der Waals surface area contributed by atoms with E-state index < -0.39 is 0 Å². The summed E-state index contributed by atoms with van der Waals surface area (Å²) < 4.78 is 12.3. The quantitative estimate of drug-likeness (QED) is 0.219. The number of aliphatic imine (C=N–C) groups is 2. The summed E-state index contributed by atoms with van der Waals surface area (Å²) in [6.07, 6.45) is 4.06. The monoisotopic (exact) mass is 603 g/mol. The van der Waals surface area contributed by atoms with Gasteiger partial charge < -0.3 is 9.47 Å². The maximum atomic E-state index is 6.13. The largest absolute Gasteiger partial charge is 0.471 e. The van der Waals surface area contributed by atoms with Crippen molar-refractivity contribution >= 4 is 35.3 Å². The molecule has 3 heterocycles. The number of hydrogen-bond acceptors (Lipinski definition) is 9. The molecule has 0 saturated carbocycles. The zero-order valence-electron chi connectivity index (χ0n) is 25.4. The molecule has 0 radical (unpaired) electrons. The molecule has 0 aliphatic carbocycles. The van der Waals surface area contributed by atoms with Gasteiger partial charge in [0.25, 0.3) is 0 Å². The van der Waals surface area contributed by atoms with Crippen LogP contribution in [-0.4, -0.2) is 78.4 Å². The van der Waals surface area contributed by atoms with Crippen LogP contribution in [0.3, 0.4) is 0 Å². The normalized spacial score (nSPS) is 21.8. The molecule has 42 heavy (non-hydrogen) atoms. The number of nitrogens with zero attached hydrogens (tertiary/aromatic N) is 5. The Bertz CT molecular complexity index is 1290. The Morgan fingerprint density at radius 2 is 1.05 bits per heavy atom. The second kappa shape index (κ2) is 14.1. The first-order valence-electron chi connectivity index (χ1n) is 14.3. The lowest BCUT2D eigenvalue weighted by molar-refractivity contribution is 0.166. The predicted molar refractivity (Wildman–Crippen MR) is 175 cm³/mol. The zero-order chi connectivity index (χ0) is 29.6. The topological polar surface area (TPSA) is 62.5 Å². The van der Waals surface area contributed by atoms with Gasteiger partial charge in [0.2, 0.25) is 0 Å². The Hall–Kier alpha value is -2.85. The van der Waals surface area contributed by atoms with Gasteiger partial charge in [0.15, 0.2) is 11.8 Å². The maximum Gasteiger partial charge on any atom is 0.181 e. The summed E-state index contributed by atoms with van der Waals surface area (Å²) in [5.74, 6) is 1.50. The van der Waals surface area contributed by atoms with Crippen molar-refractivity contribution in [3.8, 4) is 0 Å². The zero-order valence-corrected chi connectivity index (χ0v) is 27.0. The van der Waals surface area contributed by atoms with Crippen LogP contribution in [0.2, 0.25) is 0 Å². The summed E-state index contributed by atoms with van der Waals surface area (Å²) in [7, 11) is 4.26. The van der Waals surface area contributed by atoms with Crippen molar-refractivity contribution in [2.75, 3.05) is 39.7 Å². The summed E-state index contributed by atoms with van der Waals surface area (Å²) in [6, 6.07) is 23.7. The van der Waals surface area contributed by atoms with Gasteiger partial charge in [-0.15, -0.1) is 23.5 Å². The van der Waals surface area contributed by atoms with Gasteiger partial charge >= 0.3 is 0 Å². The van der Waals surface area contributed by atoms with E-state index in [1.54, 1.807) is 23.5 Å². The lowest BCUT2D eigenvalue weighted by atomic mass is 10.0. The van der Waals surface area contributed by atoms with Crippen molar-refractivity contribution in [2.45, 2.75) is 61.0 Å². The Labute approximate surface area is 258 Å². The number of rotatable bonds is 12.